The molecule has 4 nitrogen and oxygen atoms in total. The molecule has 7 heteroatoms. The molecule has 0 aliphatic carbocycles. The fourth-order valence-corrected chi connectivity index (χ4v) is 5.38. The molecule has 1 N–H and O–H groups in total. The van der Waals surface area contributed by atoms with E-state index in [-0.39, 0.29) is 24.0 Å². The Morgan fingerprint density at radius 2 is 2.29 bits per heavy atom. The summed E-state index contributed by atoms with van der Waals surface area (Å²) in [6.45, 7) is 8.89. The van der Waals surface area contributed by atoms with Crippen LogP contribution in [0.4, 0.5) is 0 Å². The molecule has 3 heterocycles. The zero-order chi connectivity index (χ0) is 16.1. The predicted octanol–water partition coefficient (Wildman–Crippen LogP) is 3.13. The highest BCUT2D eigenvalue weighted by molar-refractivity contribution is 14.0. The summed E-state index contributed by atoms with van der Waals surface area (Å²) < 4.78 is 0. The molecular formula is C17H29IN4S2. The lowest BCUT2D eigenvalue weighted by atomic mass is 10.1. The minimum Gasteiger partial charge on any atom is -0.355 e. The van der Waals surface area contributed by atoms with Crippen molar-refractivity contribution in [2.45, 2.75) is 31.6 Å². The topological polar surface area (TPSA) is 30.9 Å². The quantitative estimate of drug-likeness (QED) is 0.408. The van der Waals surface area contributed by atoms with Crippen LogP contribution in [0.1, 0.15) is 23.8 Å². The highest BCUT2D eigenvalue weighted by atomic mass is 127. The summed E-state index contributed by atoms with van der Waals surface area (Å²) in [4.78, 5) is 11.1. The van der Waals surface area contributed by atoms with Gasteiger partial charge in [0.25, 0.3) is 0 Å². The average Bonchev–Trinajstić information content (AvgIpc) is 3.06. The molecule has 1 unspecified atom stereocenters. The fourth-order valence-electron chi connectivity index (χ4n) is 3.31. The largest absolute Gasteiger partial charge is 0.355 e. The van der Waals surface area contributed by atoms with Gasteiger partial charge in [0.2, 0.25) is 0 Å². The van der Waals surface area contributed by atoms with Crippen LogP contribution in [-0.4, -0.2) is 66.5 Å². The summed E-state index contributed by atoms with van der Waals surface area (Å²) in [7, 11) is 1.91. The minimum atomic E-state index is 0. The predicted molar refractivity (Wildman–Crippen MR) is 118 cm³/mol. The molecule has 1 aromatic heterocycles. The summed E-state index contributed by atoms with van der Waals surface area (Å²) >= 11 is 4.01. The summed E-state index contributed by atoms with van der Waals surface area (Å²) in [5, 5.41) is 6.56. The van der Waals surface area contributed by atoms with Crippen LogP contribution in [0.2, 0.25) is 0 Å². The minimum absolute atomic E-state index is 0. The van der Waals surface area contributed by atoms with Gasteiger partial charge in [-0.15, -0.1) is 35.3 Å². The average molecular weight is 480 g/mol. The molecule has 0 aromatic carbocycles. The third-order valence-corrected chi connectivity index (χ3v) is 7.10. The van der Waals surface area contributed by atoms with Crippen molar-refractivity contribution in [3.8, 4) is 0 Å². The Bertz CT molecular complexity index is 534. The number of aliphatic imine (C=N–C) groups is 1. The molecule has 0 radical (unpaired) electrons. The molecule has 24 heavy (non-hydrogen) atoms. The number of fused-ring (bicyclic) bond motifs is 1. The lowest BCUT2D eigenvalue weighted by Gasteiger charge is -2.34. The van der Waals surface area contributed by atoms with Crippen LogP contribution in [0.3, 0.4) is 0 Å². The zero-order valence-corrected chi connectivity index (χ0v) is 18.6. The molecule has 0 amide bonds. The molecule has 2 aliphatic rings. The molecule has 0 saturated carbocycles. The second-order valence-electron chi connectivity index (χ2n) is 6.22. The SMILES string of the molecule is CCC1CN(C(=NC)NCCN2CCc3sccc3C2)CCS1.I. The van der Waals surface area contributed by atoms with Gasteiger partial charge in [0.05, 0.1) is 0 Å². The molecule has 1 fully saturated rings. The molecule has 1 aromatic rings. The van der Waals surface area contributed by atoms with Crippen molar-refractivity contribution in [2.75, 3.05) is 45.5 Å². The highest BCUT2D eigenvalue weighted by Gasteiger charge is 2.22. The molecular weight excluding hydrogens is 451 g/mol. The van der Waals surface area contributed by atoms with Gasteiger partial charge < -0.3 is 10.2 Å². The number of thioether (sulfide) groups is 1. The first-order valence-electron chi connectivity index (χ1n) is 8.65. The van der Waals surface area contributed by atoms with E-state index in [1.54, 1.807) is 4.88 Å². The van der Waals surface area contributed by atoms with Crippen LogP contribution >= 0.6 is 47.1 Å². The van der Waals surface area contributed by atoms with Crippen LogP contribution in [0.15, 0.2) is 16.4 Å². The van der Waals surface area contributed by atoms with Crippen LogP contribution in [0.5, 0.6) is 0 Å². The Balaban J connectivity index is 0.00000208. The van der Waals surface area contributed by atoms with Gasteiger partial charge in [-0.1, -0.05) is 6.92 Å². The number of rotatable bonds is 4. The van der Waals surface area contributed by atoms with E-state index in [9.17, 15) is 0 Å². The lowest BCUT2D eigenvalue weighted by molar-refractivity contribution is 0.258. The standard InChI is InChI=1S/C17H28N4S2.HI/c1-3-15-13-21(9-11-22-15)17(18-2)19-6-8-20-7-4-16-14(12-20)5-10-23-16;/h5,10,15H,3-4,6-9,11-13H2,1-2H3,(H,18,19);1H. The van der Waals surface area contributed by atoms with E-state index in [1.807, 2.05) is 18.4 Å². The van der Waals surface area contributed by atoms with Crippen LogP contribution in [-0.2, 0) is 13.0 Å². The van der Waals surface area contributed by atoms with Crippen molar-refractivity contribution < 1.29 is 0 Å². The lowest BCUT2D eigenvalue weighted by Crippen LogP contribution is -2.49. The van der Waals surface area contributed by atoms with E-state index in [0.717, 1.165) is 43.9 Å². The number of thiophene rings is 1. The van der Waals surface area contributed by atoms with Gasteiger partial charge >= 0.3 is 0 Å². The normalized spacial score (nSPS) is 22.0. The van der Waals surface area contributed by atoms with Crippen LogP contribution in [0.25, 0.3) is 0 Å². The molecule has 0 spiro atoms. The Kier molecular flexibility index (Phi) is 8.66. The van der Waals surface area contributed by atoms with Crippen molar-refractivity contribution in [1.82, 2.24) is 15.1 Å². The van der Waals surface area contributed by atoms with Gasteiger partial charge in [0.15, 0.2) is 5.96 Å². The van der Waals surface area contributed by atoms with Gasteiger partial charge in [0, 0.05) is 62.2 Å². The van der Waals surface area contributed by atoms with Gasteiger partial charge in [-0.25, -0.2) is 0 Å². The number of nitrogens with zero attached hydrogens (tertiary/aromatic N) is 3. The van der Waals surface area contributed by atoms with Crippen LogP contribution in [0, 0.1) is 0 Å². The number of guanidine groups is 1. The highest BCUT2D eigenvalue weighted by Crippen LogP contribution is 2.23. The van der Waals surface area contributed by atoms with Gasteiger partial charge in [-0.3, -0.25) is 9.89 Å². The van der Waals surface area contributed by atoms with Crippen LogP contribution < -0.4 is 5.32 Å². The maximum Gasteiger partial charge on any atom is 0.193 e. The second-order valence-corrected chi connectivity index (χ2v) is 8.63. The third-order valence-electron chi connectivity index (χ3n) is 4.70. The molecule has 1 saturated heterocycles. The van der Waals surface area contributed by atoms with Crippen molar-refractivity contribution >= 4 is 53.0 Å². The molecule has 2 aliphatic heterocycles. The number of hydrogen-bond acceptors (Lipinski definition) is 4. The van der Waals surface area contributed by atoms with Gasteiger partial charge in [0.1, 0.15) is 0 Å². The number of nitrogens with one attached hydrogen (secondary N) is 1. The van der Waals surface area contributed by atoms with Gasteiger partial charge in [-0.2, -0.15) is 11.8 Å². The Morgan fingerprint density at radius 1 is 1.42 bits per heavy atom. The number of halogens is 1. The van der Waals surface area contributed by atoms with Crippen molar-refractivity contribution in [3.63, 3.8) is 0 Å². The monoisotopic (exact) mass is 480 g/mol. The molecule has 136 valence electrons. The van der Waals surface area contributed by atoms with Gasteiger partial charge in [-0.05, 0) is 29.9 Å². The number of hydrogen-bond donors (Lipinski definition) is 1. The Labute approximate surface area is 171 Å². The Morgan fingerprint density at radius 3 is 3.08 bits per heavy atom. The van der Waals surface area contributed by atoms with E-state index in [4.69, 9.17) is 0 Å². The third kappa shape index (κ3) is 5.25. The molecule has 1 atom stereocenters. The molecule has 0 bridgehead atoms. The zero-order valence-electron chi connectivity index (χ0n) is 14.7. The van der Waals surface area contributed by atoms with E-state index in [1.165, 1.54) is 30.7 Å². The van der Waals surface area contributed by atoms with Crippen molar-refractivity contribution in [3.05, 3.63) is 21.9 Å². The summed E-state index contributed by atoms with van der Waals surface area (Å²) in [6.07, 6.45) is 2.46. The van der Waals surface area contributed by atoms with E-state index in [0.29, 0.717) is 0 Å². The van der Waals surface area contributed by atoms with E-state index in [2.05, 4.69) is 50.2 Å². The first-order valence-corrected chi connectivity index (χ1v) is 10.6. The molecule has 3 rings (SSSR count). The first kappa shape index (κ1) is 20.3. The second kappa shape index (κ2) is 10.2. The maximum absolute atomic E-state index is 4.50. The Hall–Kier alpha value is 0.01000. The summed E-state index contributed by atoms with van der Waals surface area (Å²) in [5.74, 6) is 2.30. The smallest absolute Gasteiger partial charge is 0.193 e. The van der Waals surface area contributed by atoms with E-state index >= 15 is 0 Å². The summed E-state index contributed by atoms with van der Waals surface area (Å²) in [5.41, 5.74) is 1.53. The fraction of sp³-hybridized carbons (Fsp3) is 0.706. The summed E-state index contributed by atoms with van der Waals surface area (Å²) in [6, 6.07) is 2.29. The maximum atomic E-state index is 4.50. The first-order chi connectivity index (χ1) is 11.3. The van der Waals surface area contributed by atoms with E-state index < -0.39 is 0 Å². The van der Waals surface area contributed by atoms with Crippen molar-refractivity contribution in [1.29, 1.82) is 0 Å². The van der Waals surface area contributed by atoms with Crippen molar-refractivity contribution in [2.24, 2.45) is 4.99 Å².